The number of aryl methyl sites for hydroxylation is 2. The summed E-state index contributed by atoms with van der Waals surface area (Å²) in [6.45, 7) is 3.98. The number of carbonyl (C=O) groups is 3. The van der Waals surface area contributed by atoms with Gasteiger partial charge >= 0.3 is 5.97 Å². The van der Waals surface area contributed by atoms with Gasteiger partial charge in [0.15, 0.2) is 0 Å². The maximum absolute atomic E-state index is 13.6. The maximum atomic E-state index is 13.6. The summed E-state index contributed by atoms with van der Waals surface area (Å²) in [5.74, 6) is -1.54. The number of ether oxygens (including phenoxy) is 1. The van der Waals surface area contributed by atoms with Crippen molar-refractivity contribution in [2.24, 2.45) is 0 Å². The second-order valence-corrected chi connectivity index (χ2v) is 9.61. The summed E-state index contributed by atoms with van der Waals surface area (Å²) < 4.78 is 4.86. The molecule has 33 heavy (non-hydrogen) atoms. The van der Waals surface area contributed by atoms with Crippen molar-refractivity contribution in [3.05, 3.63) is 99.3 Å². The van der Waals surface area contributed by atoms with E-state index in [0.717, 1.165) is 25.8 Å². The average molecular weight is 476 g/mol. The lowest BCUT2D eigenvalue weighted by atomic mass is 10.1. The minimum absolute atomic E-state index is 0.156. The lowest BCUT2D eigenvalue weighted by Gasteiger charge is -2.18. The highest BCUT2D eigenvalue weighted by Crippen LogP contribution is 2.44. The topological polar surface area (TPSA) is 63.7 Å². The molecule has 1 heterocycles. The molecule has 0 fully saturated rings. The van der Waals surface area contributed by atoms with Gasteiger partial charge in [-0.2, -0.15) is 0 Å². The van der Waals surface area contributed by atoms with E-state index in [0.29, 0.717) is 9.81 Å². The number of esters is 1. The maximum Gasteiger partial charge on any atom is 0.339 e. The smallest absolute Gasteiger partial charge is 0.339 e. The Morgan fingerprint density at radius 3 is 1.64 bits per heavy atom. The third-order valence-electron chi connectivity index (χ3n) is 5.03. The van der Waals surface area contributed by atoms with Gasteiger partial charge in [0.25, 0.3) is 11.8 Å². The van der Waals surface area contributed by atoms with Crippen LogP contribution in [0, 0.1) is 13.8 Å². The number of amides is 2. The molecule has 166 valence electrons. The number of nitrogens with zero attached hydrogens (tertiary/aromatic N) is 1. The first-order valence-corrected chi connectivity index (χ1v) is 11.8. The van der Waals surface area contributed by atoms with Gasteiger partial charge in [0.2, 0.25) is 0 Å². The number of carbonyl (C=O) groups excluding carboxylic acids is 3. The SMILES string of the molecule is COC(=O)c1ccccc1N1C(=O)C(Sc2ccc(C)cc2)=C(Sc2ccc(C)cc2)C1=O. The van der Waals surface area contributed by atoms with Gasteiger partial charge in [-0.05, 0) is 50.2 Å². The first-order valence-electron chi connectivity index (χ1n) is 10.2. The summed E-state index contributed by atoms with van der Waals surface area (Å²) in [5.41, 5.74) is 2.57. The van der Waals surface area contributed by atoms with Crippen molar-refractivity contribution in [1.29, 1.82) is 0 Å². The molecule has 0 aromatic heterocycles. The second-order valence-electron chi connectivity index (χ2n) is 7.44. The molecule has 1 aliphatic heterocycles. The number of thioether (sulfide) groups is 2. The average Bonchev–Trinajstić information content (AvgIpc) is 3.05. The van der Waals surface area contributed by atoms with Crippen molar-refractivity contribution < 1.29 is 19.1 Å². The molecule has 3 aromatic carbocycles. The largest absolute Gasteiger partial charge is 0.465 e. The summed E-state index contributed by atoms with van der Waals surface area (Å²) >= 11 is 2.50. The summed E-state index contributed by atoms with van der Waals surface area (Å²) in [4.78, 5) is 42.9. The number of methoxy groups -OCH3 is 1. The Morgan fingerprint density at radius 2 is 1.18 bits per heavy atom. The van der Waals surface area contributed by atoms with Crippen molar-refractivity contribution in [3.63, 3.8) is 0 Å². The van der Waals surface area contributed by atoms with E-state index in [4.69, 9.17) is 4.74 Å². The lowest BCUT2D eigenvalue weighted by Crippen LogP contribution is -2.32. The highest BCUT2D eigenvalue weighted by Gasteiger charge is 2.41. The number of imide groups is 1. The third-order valence-corrected chi connectivity index (χ3v) is 7.34. The van der Waals surface area contributed by atoms with Gasteiger partial charge in [-0.25, -0.2) is 9.69 Å². The van der Waals surface area contributed by atoms with Crippen LogP contribution in [0.2, 0.25) is 0 Å². The summed E-state index contributed by atoms with van der Waals surface area (Å²) in [6, 6.07) is 22.0. The Bertz CT molecular complexity index is 1190. The third kappa shape index (κ3) is 4.74. The molecule has 0 aliphatic carbocycles. The van der Waals surface area contributed by atoms with Crippen LogP contribution in [0.15, 0.2) is 92.4 Å². The van der Waals surface area contributed by atoms with Crippen LogP contribution in [0.3, 0.4) is 0 Å². The molecule has 0 atom stereocenters. The molecule has 0 saturated heterocycles. The summed E-state index contributed by atoms with van der Waals surface area (Å²) in [7, 11) is 1.27. The molecule has 1 aliphatic rings. The minimum Gasteiger partial charge on any atom is -0.465 e. The van der Waals surface area contributed by atoms with Gasteiger partial charge in [-0.15, -0.1) is 0 Å². The fourth-order valence-electron chi connectivity index (χ4n) is 3.29. The molecule has 0 bridgehead atoms. The minimum atomic E-state index is -0.612. The molecular formula is C26H21NO4S2. The predicted octanol–water partition coefficient (Wildman–Crippen LogP) is 5.76. The summed E-state index contributed by atoms with van der Waals surface area (Å²) in [6.07, 6.45) is 0. The van der Waals surface area contributed by atoms with Gasteiger partial charge in [0.1, 0.15) is 0 Å². The van der Waals surface area contributed by atoms with E-state index in [1.807, 2.05) is 62.4 Å². The molecule has 0 spiro atoms. The van der Waals surface area contributed by atoms with Crippen molar-refractivity contribution in [1.82, 2.24) is 0 Å². The monoisotopic (exact) mass is 475 g/mol. The van der Waals surface area contributed by atoms with E-state index in [2.05, 4.69) is 0 Å². The van der Waals surface area contributed by atoms with E-state index in [-0.39, 0.29) is 11.3 Å². The molecule has 5 nitrogen and oxygen atoms in total. The number of hydrogen-bond donors (Lipinski definition) is 0. The Morgan fingerprint density at radius 1 is 0.727 bits per heavy atom. The van der Waals surface area contributed by atoms with E-state index >= 15 is 0 Å². The quantitative estimate of drug-likeness (QED) is 0.334. The fraction of sp³-hybridized carbons (Fsp3) is 0.115. The number of benzene rings is 3. The van der Waals surface area contributed by atoms with Crippen molar-refractivity contribution >= 4 is 47.0 Å². The predicted molar refractivity (Wildman–Crippen MR) is 131 cm³/mol. The van der Waals surface area contributed by atoms with Crippen LogP contribution < -0.4 is 4.90 Å². The first kappa shape index (κ1) is 22.9. The Hall–Kier alpha value is -3.29. The number of hydrogen-bond acceptors (Lipinski definition) is 6. The van der Waals surface area contributed by atoms with Crippen LogP contribution in [-0.2, 0) is 14.3 Å². The molecule has 3 aromatic rings. The molecule has 0 unspecified atom stereocenters. The van der Waals surface area contributed by atoms with E-state index in [9.17, 15) is 14.4 Å². The van der Waals surface area contributed by atoms with E-state index < -0.39 is 17.8 Å². The molecule has 0 saturated carbocycles. The zero-order valence-electron chi connectivity index (χ0n) is 18.3. The van der Waals surface area contributed by atoms with Crippen molar-refractivity contribution in [2.45, 2.75) is 23.6 Å². The molecule has 7 heteroatoms. The van der Waals surface area contributed by atoms with Gasteiger partial charge < -0.3 is 4.74 Å². The fourth-order valence-corrected chi connectivity index (χ4v) is 5.27. The molecule has 4 rings (SSSR count). The summed E-state index contributed by atoms with van der Waals surface area (Å²) in [5, 5.41) is 0. The molecule has 2 amide bonds. The standard InChI is InChI=1S/C26H21NO4S2/c1-16-8-12-18(13-9-16)32-22-23(33-19-14-10-17(2)11-15-19)25(29)27(24(22)28)21-7-5-4-6-20(21)26(30)31-3/h4-15H,1-3H3. The van der Waals surface area contributed by atoms with Crippen molar-refractivity contribution in [2.75, 3.05) is 12.0 Å². The zero-order chi connectivity index (χ0) is 23.5. The zero-order valence-corrected chi connectivity index (χ0v) is 20.0. The Labute approximate surface area is 200 Å². The van der Waals surface area contributed by atoms with Gasteiger partial charge in [0, 0.05) is 9.79 Å². The highest BCUT2D eigenvalue weighted by atomic mass is 32.2. The number of para-hydroxylation sites is 1. The van der Waals surface area contributed by atoms with Crippen LogP contribution in [0.4, 0.5) is 5.69 Å². The molecular weight excluding hydrogens is 454 g/mol. The van der Waals surface area contributed by atoms with Gasteiger partial charge in [-0.1, -0.05) is 71.0 Å². The molecule has 0 N–H and O–H groups in total. The van der Waals surface area contributed by atoms with Gasteiger partial charge in [0.05, 0.1) is 28.2 Å². The lowest BCUT2D eigenvalue weighted by molar-refractivity contribution is -0.120. The van der Waals surface area contributed by atoms with E-state index in [1.54, 1.807) is 24.3 Å². The Kier molecular flexibility index (Phi) is 6.72. The van der Waals surface area contributed by atoms with Gasteiger partial charge in [-0.3, -0.25) is 9.59 Å². The molecule has 0 radical (unpaired) electrons. The Balaban J connectivity index is 1.78. The van der Waals surface area contributed by atoms with Crippen LogP contribution in [0.1, 0.15) is 21.5 Å². The normalized spacial score (nSPS) is 13.6. The number of anilines is 1. The van der Waals surface area contributed by atoms with E-state index in [1.165, 1.54) is 30.6 Å². The number of rotatable bonds is 6. The first-order chi connectivity index (χ1) is 15.9. The second kappa shape index (κ2) is 9.68. The van der Waals surface area contributed by atoms with Crippen LogP contribution in [0.5, 0.6) is 0 Å². The van der Waals surface area contributed by atoms with Crippen LogP contribution in [0.25, 0.3) is 0 Å². The highest BCUT2D eigenvalue weighted by molar-refractivity contribution is 8.08. The van der Waals surface area contributed by atoms with Crippen LogP contribution in [-0.4, -0.2) is 24.9 Å². The van der Waals surface area contributed by atoms with Crippen LogP contribution >= 0.6 is 23.5 Å². The van der Waals surface area contributed by atoms with Crippen molar-refractivity contribution in [3.8, 4) is 0 Å².